The van der Waals surface area contributed by atoms with Crippen LogP contribution in [0, 0.1) is 0 Å². The molecule has 1 atom stereocenters. The maximum atomic E-state index is 6.17. The van der Waals surface area contributed by atoms with Crippen LogP contribution in [0.15, 0.2) is 46.9 Å². The van der Waals surface area contributed by atoms with E-state index in [9.17, 15) is 0 Å². The predicted molar refractivity (Wildman–Crippen MR) is 85.9 cm³/mol. The number of nitrogens with one attached hydrogen (secondary N) is 1. The lowest BCUT2D eigenvalue weighted by Crippen LogP contribution is -2.18. The first kappa shape index (κ1) is 14.9. The molecule has 0 amide bonds. The summed E-state index contributed by atoms with van der Waals surface area (Å²) in [6, 6.07) is 14.2. The number of halogens is 3. The molecule has 0 bridgehead atoms. The van der Waals surface area contributed by atoms with Crippen LogP contribution in [0.5, 0.6) is 0 Å². The minimum Gasteiger partial charge on any atom is -0.306 e. The Morgan fingerprint density at radius 1 is 1.11 bits per heavy atom. The summed E-state index contributed by atoms with van der Waals surface area (Å²) in [6.45, 7) is 2.82. The van der Waals surface area contributed by atoms with Crippen molar-refractivity contribution in [3.05, 3.63) is 68.1 Å². The van der Waals surface area contributed by atoms with Gasteiger partial charge < -0.3 is 5.32 Å². The van der Waals surface area contributed by atoms with Gasteiger partial charge in [0, 0.05) is 17.1 Å². The van der Waals surface area contributed by atoms with E-state index in [4.69, 9.17) is 23.2 Å². The van der Waals surface area contributed by atoms with Crippen molar-refractivity contribution >= 4 is 39.1 Å². The van der Waals surface area contributed by atoms with Crippen LogP contribution < -0.4 is 5.32 Å². The Balaban J connectivity index is 2.02. The van der Waals surface area contributed by atoms with Crippen LogP contribution in [0.4, 0.5) is 0 Å². The Morgan fingerprint density at radius 2 is 1.79 bits per heavy atom. The summed E-state index contributed by atoms with van der Waals surface area (Å²) < 4.78 is 1.08. The summed E-state index contributed by atoms with van der Waals surface area (Å²) in [7, 11) is 0. The molecule has 0 heterocycles. The van der Waals surface area contributed by atoms with Crippen molar-refractivity contribution in [2.45, 2.75) is 19.5 Å². The molecule has 4 heteroatoms. The normalized spacial score (nSPS) is 12.4. The largest absolute Gasteiger partial charge is 0.306 e. The number of hydrogen-bond donors (Lipinski definition) is 1. The average molecular weight is 359 g/mol. The maximum absolute atomic E-state index is 6.17. The van der Waals surface area contributed by atoms with Crippen molar-refractivity contribution in [1.29, 1.82) is 0 Å². The Hall–Kier alpha value is -0.540. The third kappa shape index (κ3) is 3.96. The van der Waals surface area contributed by atoms with Crippen LogP contribution in [0.3, 0.4) is 0 Å². The molecule has 0 aliphatic heterocycles. The molecule has 100 valence electrons. The predicted octanol–water partition coefficient (Wildman–Crippen LogP) is 5.61. The van der Waals surface area contributed by atoms with Crippen molar-refractivity contribution < 1.29 is 0 Å². The average Bonchev–Trinajstić information content (AvgIpc) is 2.41. The minimum atomic E-state index is 0.253. The topological polar surface area (TPSA) is 12.0 Å². The van der Waals surface area contributed by atoms with Gasteiger partial charge in [0.2, 0.25) is 0 Å². The van der Waals surface area contributed by atoms with E-state index in [-0.39, 0.29) is 6.04 Å². The molecule has 2 aromatic rings. The molecule has 0 saturated carbocycles. The summed E-state index contributed by atoms with van der Waals surface area (Å²) >= 11 is 15.6. The molecule has 0 saturated heterocycles. The van der Waals surface area contributed by atoms with Gasteiger partial charge in [-0.1, -0.05) is 63.4 Å². The molecule has 0 aromatic heterocycles. The highest BCUT2D eigenvalue weighted by molar-refractivity contribution is 9.10. The van der Waals surface area contributed by atoms with Gasteiger partial charge in [-0.05, 0) is 36.2 Å². The standard InChI is InChI=1S/C15H14BrCl2N/c1-10(11-5-7-13(16)8-6-11)19-9-12-3-2-4-14(17)15(12)18/h2-8,10,19H,9H2,1H3/t10-/m1/s1. The van der Waals surface area contributed by atoms with E-state index in [0.717, 1.165) is 10.0 Å². The molecule has 0 radical (unpaired) electrons. The van der Waals surface area contributed by atoms with E-state index in [2.05, 4.69) is 40.3 Å². The second-order valence-corrected chi connectivity index (χ2v) is 6.07. The number of rotatable bonds is 4. The zero-order chi connectivity index (χ0) is 13.8. The van der Waals surface area contributed by atoms with Crippen LogP contribution >= 0.6 is 39.1 Å². The van der Waals surface area contributed by atoms with Crippen LogP contribution in [0.25, 0.3) is 0 Å². The van der Waals surface area contributed by atoms with Crippen LogP contribution in [-0.4, -0.2) is 0 Å². The van der Waals surface area contributed by atoms with E-state index in [1.54, 1.807) is 6.07 Å². The van der Waals surface area contributed by atoms with Gasteiger partial charge in [0.15, 0.2) is 0 Å². The number of benzene rings is 2. The SMILES string of the molecule is C[C@@H](NCc1cccc(Cl)c1Cl)c1ccc(Br)cc1. The fraction of sp³-hybridized carbons (Fsp3) is 0.200. The first-order chi connectivity index (χ1) is 9.08. The van der Waals surface area contributed by atoms with E-state index >= 15 is 0 Å². The van der Waals surface area contributed by atoms with Crippen molar-refractivity contribution in [3.63, 3.8) is 0 Å². The monoisotopic (exact) mass is 357 g/mol. The Morgan fingerprint density at radius 3 is 2.47 bits per heavy atom. The third-order valence-electron chi connectivity index (χ3n) is 3.00. The lowest BCUT2D eigenvalue weighted by atomic mass is 10.1. The summed E-state index contributed by atoms with van der Waals surface area (Å²) in [5.74, 6) is 0. The first-order valence-corrected chi connectivity index (χ1v) is 7.54. The molecule has 0 aliphatic carbocycles. The fourth-order valence-corrected chi connectivity index (χ4v) is 2.47. The molecule has 0 fully saturated rings. The molecule has 2 aromatic carbocycles. The zero-order valence-electron chi connectivity index (χ0n) is 10.5. The molecule has 2 rings (SSSR count). The van der Waals surface area contributed by atoms with Crippen molar-refractivity contribution in [3.8, 4) is 0 Å². The maximum Gasteiger partial charge on any atom is 0.0637 e. The van der Waals surface area contributed by atoms with E-state index in [1.807, 2.05) is 24.3 Å². The van der Waals surface area contributed by atoms with Gasteiger partial charge in [-0.2, -0.15) is 0 Å². The molecular weight excluding hydrogens is 345 g/mol. The van der Waals surface area contributed by atoms with E-state index in [0.29, 0.717) is 16.6 Å². The molecule has 0 aliphatic rings. The lowest BCUT2D eigenvalue weighted by Gasteiger charge is -2.15. The van der Waals surface area contributed by atoms with Crippen molar-refractivity contribution in [2.75, 3.05) is 0 Å². The molecular formula is C15H14BrCl2N. The van der Waals surface area contributed by atoms with Gasteiger partial charge in [-0.25, -0.2) is 0 Å². The highest BCUT2D eigenvalue weighted by Gasteiger charge is 2.08. The van der Waals surface area contributed by atoms with Crippen LogP contribution in [0.1, 0.15) is 24.1 Å². The van der Waals surface area contributed by atoms with Gasteiger partial charge in [0.25, 0.3) is 0 Å². The Bertz CT molecular complexity index is 555. The smallest absolute Gasteiger partial charge is 0.0637 e. The second kappa shape index (κ2) is 6.76. The molecule has 1 N–H and O–H groups in total. The second-order valence-electron chi connectivity index (χ2n) is 4.37. The Kier molecular flexibility index (Phi) is 5.28. The molecule has 19 heavy (non-hydrogen) atoms. The van der Waals surface area contributed by atoms with Gasteiger partial charge in [0.05, 0.1) is 10.0 Å². The van der Waals surface area contributed by atoms with Crippen molar-refractivity contribution in [2.24, 2.45) is 0 Å². The van der Waals surface area contributed by atoms with Gasteiger partial charge in [-0.3, -0.25) is 0 Å². The number of hydrogen-bond acceptors (Lipinski definition) is 1. The zero-order valence-corrected chi connectivity index (χ0v) is 13.6. The van der Waals surface area contributed by atoms with Gasteiger partial charge in [-0.15, -0.1) is 0 Å². The fourth-order valence-electron chi connectivity index (χ4n) is 1.82. The summed E-state index contributed by atoms with van der Waals surface area (Å²) in [5, 5.41) is 4.66. The van der Waals surface area contributed by atoms with Gasteiger partial charge in [0.1, 0.15) is 0 Å². The molecule has 1 nitrogen and oxygen atoms in total. The molecule has 0 spiro atoms. The lowest BCUT2D eigenvalue weighted by molar-refractivity contribution is 0.575. The molecule has 0 unspecified atom stereocenters. The quantitative estimate of drug-likeness (QED) is 0.749. The summed E-state index contributed by atoms with van der Waals surface area (Å²) in [6.07, 6.45) is 0. The van der Waals surface area contributed by atoms with Crippen LogP contribution in [-0.2, 0) is 6.54 Å². The first-order valence-electron chi connectivity index (χ1n) is 5.99. The van der Waals surface area contributed by atoms with Crippen molar-refractivity contribution in [1.82, 2.24) is 5.32 Å². The summed E-state index contributed by atoms with van der Waals surface area (Å²) in [5.41, 5.74) is 2.25. The third-order valence-corrected chi connectivity index (χ3v) is 4.39. The Labute approximate surface area is 132 Å². The van der Waals surface area contributed by atoms with E-state index < -0.39 is 0 Å². The highest BCUT2D eigenvalue weighted by Crippen LogP contribution is 2.26. The minimum absolute atomic E-state index is 0.253. The highest BCUT2D eigenvalue weighted by atomic mass is 79.9. The summed E-state index contributed by atoms with van der Waals surface area (Å²) in [4.78, 5) is 0. The van der Waals surface area contributed by atoms with Gasteiger partial charge >= 0.3 is 0 Å². The van der Waals surface area contributed by atoms with E-state index in [1.165, 1.54) is 5.56 Å². The van der Waals surface area contributed by atoms with Crippen LogP contribution in [0.2, 0.25) is 10.0 Å².